The summed E-state index contributed by atoms with van der Waals surface area (Å²) in [5.41, 5.74) is 2.43. The Balaban J connectivity index is 1.73. The number of phenols is 1. The van der Waals surface area contributed by atoms with E-state index in [-0.39, 0.29) is 5.75 Å². The predicted molar refractivity (Wildman–Crippen MR) is 91.3 cm³/mol. The van der Waals surface area contributed by atoms with Crippen LogP contribution < -0.4 is 10.6 Å². The van der Waals surface area contributed by atoms with Gasteiger partial charge in [-0.15, -0.1) is 0 Å². The van der Waals surface area contributed by atoms with E-state index in [1.165, 1.54) is 6.07 Å². The largest absolute Gasteiger partial charge is 0.506 e. The van der Waals surface area contributed by atoms with Gasteiger partial charge < -0.3 is 20.7 Å². The van der Waals surface area contributed by atoms with Crippen LogP contribution in [-0.4, -0.2) is 15.2 Å². The molecule has 0 atom stereocenters. The van der Waals surface area contributed by atoms with Gasteiger partial charge in [-0.25, -0.2) is 0 Å². The number of aromatic nitrogens is 1. The van der Waals surface area contributed by atoms with Crippen molar-refractivity contribution in [2.45, 2.75) is 0 Å². The van der Waals surface area contributed by atoms with E-state index < -0.39 is 0 Å². The van der Waals surface area contributed by atoms with E-state index in [0.29, 0.717) is 15.8 Å². The summed E-state index contributed by atoms with van der Waals surface area (Å²) in [6.07, 6.45) is 1.89. The highest BCUT2D eigenvalue weighted by molar-refractivity contribution is 7.80. The van der Waals surface area contributed by atoms with Crippen LogP contribution in [0.4, 0.5) is 11.4 Å². The van der Waals surface area contributed by atoms with E-state index in [9.17, 15) is 5.11 Å². The molecule has 106 valence electrons. The lowest BCUT2D eigenvalue weighted by Crippen LogP contribution is -2.19. The summed E-state index contributed by atoms with van der Waals surface area (Å²) in [4.78, 5) is 3.13. The summed E-state index contributed by atoms with van der Waals surface area (Å²) < 4.78 is 0. The van der Waals surface area contributed by atoms with E-state index in [1.807, 2.05) is 30.5 Å². The number of nitrogens with one attached hydrogen (secondary N) is 3. The van der Waals surface area contributed by atoms with Crippen molar-refractivity contribution in [2.24, 2.45) is 0 Å². The number of halogens is 1. The molecule has 4 N–H and O–H groups in total. The number of H-pyrrole nitrogens is 1. The highest BCUT2D eigenvalue weighted by Gasteiger charge is 2.05. The molecule has 0 amide bonds. The zero-order chi connectivity index (χ0) is 14.8. The minimum atomic E-state index is 0.0488. The summed E-state index contributed by atoms with van der Waals surface area (Å²) in [5, 5.41) is 17.7. The van der Waals surface area contributed by atoms with Gasteiger partial charge in [0.25, 0.3) is 0 Å². The third-order valence-corrected chi connectivity index (χ3v) is 3.46. The van der Waals surface area contributed by atoms with Gasteiger partial charge in [0.2, 0.25) is 0 Å². The van der Waals surface area contributed by atoms with E-state index in [4.69, 9.17) is 23.8 Å². The summed E-state index contributed by atoms with van der Waals surface area (Å²) in [5.74, 6) is 0.0488. The molecule has 0 spiro atoms. The summed E-state index contributed by atoms with van der Waals surface area (Å²) in [6.45, 7) is 0. The third kappa shape index (κ3) is 3.09. The maximum absolute atomic E-state index is 9.78. The van der Waals surface area contributed by atoms with Gasteiger partial charge in [0, 0.05) is 33.9 Å². The van der Waals surface area contributed by atoms with Gasteiger partial charge in [-0.2, -0.15) is 0 Å². The molecule has 1 aromatic heterocycles. The minimum Gasteiger partial charge on any atom is -0.506 e. The first kappa shape index (κ1) is 13.7. The molecule has 3 rings (SSSR count). The molecule has 1 heterocycles. The maximum Gasteiger partial charge on any atom is 0.175 e. The van der Waals surface area contributed by atoms with Crippen LogP contribution in [0.15, 0.2) is 48.7 Å². The van der Waals surface area contributed by atoms with Gasteiger partial charge >= 0.3 is 0 Å². The first-order valence-electron chi connectivity index (χ1n) is 6.25. The standard InChI is InChI=1S/C15H12ClN3OS/c16-10-1-3-13(14(20)8-10)19-15(21)18-11-2-4-12-9(7-11)5-6-17-12/h1-8,17,20H,(H2,18,19,21). The Morgan fingerprint density at radius 3 is 2.76 bits per heavy atom. The molecule has 0 aliphatic heterocycles. The molecule has 0 bridgehead atoms. The van der Waals surface area contributed by atoms with E-state index in [1.54, 1.807) is 12.1 Å². The van der Waals surface area contributed by atoms with E-state index in [2.05, 4.69) is 15.6 Å². The Morgan fingerprint density at radius 2 is 1.95 bits per heavy atom. The highest BCUT2D eigenvalue weighted by Crippen LogP contribution is 2.26. The lowest BCUT2D eigenvalue weighted by molar-refractivity contribution is 0.478. The van der Waals surface area contributed by atoms with Gasteiger partial charge in [0.15, 0.2) is 5.11 Å². The fourth-order valence-electron chi connectivity index (χ4n) is 2.03. The molecule has 4 nitrogen and oxygen atoms in total. The Labute approximate surface area is 131 Å². The van der Waals surface area contributed by atoms with Gasteiger partial charge in [0.1, 0.15) is 5.75 Å². The van der Waals surface area contributed by atoms with Crippen molar-refractivity contribution in [1.29, 1.82) is 0 Å². The second-order valence-electron chi connectivity index (χ2n) is 4.52. The lowest BCUT2D eigenvalue weighted by Gasteiger charge is -2.12. The number of benzene rings is 2. The maximum atomic E-state index is 9.78. The smallest absolute Gasteiger partial charge is 0.175 e. The average molecular weight is 318 g/mol. The highest BCUT2D eigenvalue weighted by atomic mass is 35.5. The zero-order valence-corrected chi connectivity index (χ0v) is 12.4. The quantitative estimate of drug-likeness (QED) is 0.419. The van der Waals surface area contributed by atoms with Crippen LogP contribution >= 0.6 is 23.8 Å². The average Bonchev–Trinajstić information content (AvgIpc) is 2.89. The molecular formula is C15H12ClN3OS. The molecule has 0 fully saturated rings. The second-order valence-corrected chi connectivity index (χ2v) is 5.36. The number of anilines is 2. The second kappa shape index (κ2) is 5.63. The summed E-state index contributed by atoms with van der Waals surface area (Å²) >= 11 is 11.0. The number of fused-ring (bicyclic) bond motifs is 1. The predicted octanol–water partition coefficient (Wildman–Crippen LogP) is 4.34. The molecule has 0 aliphatic carbocycles. The molecule has 0 saturated heterocycles. The van der Waals surface area contributed by atoms with Crippen LogP contribution in [0, 0.1) is 0 Å². The number of aromatic amines is 1. The first-order chi connectivity index (χ1) is 10.1. The number of hydrogen-bond donors (Lipinski definition) is 4. The Bertz CT molecular complexity index is 816. The van der Waals surface area contributed by atoms with Crippen molar-refractivity contribution in [1.82, 2.24) is 4.98 Å². The molecule has 0 radical (unpaired) electrons. The van der Waals surface area contributed by atoms with Gasteiger partial charge in [-0.05, 0) is 48.6 Å². The first-order valence-corrected chi connectivity index (χ1v) is 7.04. The number of phenolic OH excluding ortho intramolecular Hbond substituents is 1. The molecule has 21 heavy (non-hydrogen) atoms. The van der Waals surface area contributed by atoms with Crippen LogP contribution in [0.5, 0.6) is 5.75 Å². The molecule has 6 heteroatoms. The topological polar surface area (TPSA) is 60.1 Å². The van der Waals surface area contributed by atoms with Crippen molar-refractivity contribution in [2.75, 3.05) is 10.6 Å². The van der Waals surface area contributed by atoms with Gasteiger partial charge in [-0.3, -0.25) is 0 Å². The van der Waals surface area contributed by atoms with Crippen molar-refractivity contribution in [3.63, 3.8) is 0 Å². The van der Waals surface area contributed by atoms with Crippen molar-refractivity contribution >= 4 is 51.2 Å². The van der Waals surface area contributed by atoms with Crippen LogP contribution in [0.25, 0.3) is 10.9 Å². The van der Waals surface area contributed by atoms with Crippen LogP contribution in [0.3, 0.4) is 0 Å². The molecule has 0 aliphatic rings. The van der Waals surface area contributed by atoms with Crippen molar-refractivity contribution in [3.8, 4) is 5.75 Å². The van der Waals surface area contributed by atoms with Gasteiger partial charge in [-0.1, -0.05) is 11.6 Å². The third-order valence-electron chi connectivity index (χ3n) is 3.02. The molecule has 3 aromatic rings. The number of rotatable bonds is 2. The molecule has 0 unspecified atom stereocenters. The Kier molecular flexibility index (Phi) is 3.68. The Hall–Kier alpha value is -2.24. The molecular weight excluding hydrogens is 306 g/mol. The van der Waals surface area contributed by atoms with Crippen molar-refractivity contribution < 1.29 is 5.11 Å². The monoisotopic (exact) mass is 317 g/mol. The normalized spacial score (nSPS) is 10.5. The molecule has 0 saturated carbocycles. The summed E-state index contributed by atoms with van der Waals surface area (Å²) in [6, 6.07) is 12.7. The minimum absolute atomic E-state index is 0.0488. The number of thiocarbonyl (C=S) groups is 1. The van der Waals surface area contributed by atoms with Gasteiger partial charge in [0.05, 0.1) is 5.69 Å². The zero-order valence-electron chi connectivity index (χ0n) is 10.9. The molecule has 2 aromatic carbocycles. The lowest BCUT2D eigenvalue weighted by atomic mass is 10.2. The SMILES string of the molecule is Oc1cc(Cl)ccc1NC(=S)Nc1ccc2[nH]ccc2c1. The number of aromatic hydroxyl groups is 1. The van der Waals surface area contributed by atoms with E-state index in [0.717, 1.165) is 16.6 Å². The number of hydrogen-bond acceptors (Lipinski definition) is 2. The fraction of sp³-hybridized carbons (Fsp3) is 0. The Morgan fingerprint density at radius 1 is 1.10 bits per heavy atom. The van der Waals surface area contributed by atoms with Crippen LogP contribution in [0.2, 0.25) is 5.02 Å². The van der Waals surface area contributed by atoms with E-state index >= 15 is 0 Å². The van der Waals surface area contributed by atoms with Crippen LogP contribution in [-0.2, 0) is 0 Å². The fourth-order valence-corrected chi connectivity index (χ4v) is 2.42. The van der Waals surface area contributed by atoms with Crippen molar-refractivity contribution in [3.05, 3.63) is 53.7 Å². The van der Waals surface area contributed by atoms with Crippen LogP contribution in [0.1, 0.15) is 0 Å². The summed E-state index contributed by atoms with van der Waals surface area (Å²) in [7, 11) is 0.